The maximum atomic E-state index is 2.52. The third-order valence-corrected chi connectivity index (χ3v) is 16.4. The van der Waals surface area contributed by atoms with Crippen LogP contribution in [0.3, 0.4) is 0 Å². The minimum absolute atomic E-state index is 0.460. The fraction of sp³-hybridized carbons (Fsp3) is 0.0149. The van der Waals surface area contributed by atoms with Crippen LogP contribution in [0.5, 0.6) is 0 Å². The number of hydrogen-bond acceptors (Lipinski definition) is 2. The lowest BCUT2D eigenvalue weighted by atomic mass is 9.70. The molecule has 0 saturated carbocycles. The van der Waals surface area contributed by atoms with E-state index in [1.807, 2.05) is 11.3 Å². The molecule has 2 aliphatic rings. The monoisotopic (exact) mass is 891 g/mol. The lowest BCUT2D eigenvalue weighted by Crippen LogP contribution is -2.26. The number of rotatable bonds is 5. The molecule has 0 amide bonds. The Labute approximate surface area is 404 Å². The highest BCUT2D eigenvalue weighted by molar-refractivity contribution is 7.25. The fourth-order valence-corrected chi connectivity index (χ4v) is 13.4. The number of hydrogen-bond donors (Lipinski definition) is 0. The molecular formula is C67H41NS. The van der Waals surface area contributed by atoms with Crippen LogP contribution >= 0.6 is 11.3 Å². The van der Waals surface area contributed by atoms with Gasteiger partial charge in [0.25, 0.3) is 0 Å². The number of benzene rings is 12. The van der Waals surface area contributed by atoms with Crippen molar-refractivity contribution < 1.29 is 0 Å². The van der Waals surface area contributed by atoms with Gasteiger partial charge in [0.1, 0.15) is 0 Å². The normalized spacial score (nSPS) is 13.0. The van der Waals surface area contributed by atoms with Gasteiger partial charge in [-0.1, -0.05) is 194 Å². The summed E-state index contributed by atoms with van der Waals surface area (Å²) in [5.74, 6) is 0. The molecule has 1 aromatic heterocycles. The zero-order chi connectivity index (χ0) is 45.2. The van der Waals surface area contributed by atoms with Crippen molar-refractivity contribution in [3.8, 4) is 44.5 Å². The molecule has 1 nitrogen and oxygen atoms in total. The molecule has 0 atom stereocenters. The number of fused-ring (bicyclic) bond motifs is 19. The molecular weight excluding hydrogens is 851 g/mol. The summed E-state index contributed by atoms with van der Waals surface area (Å²) in [7, 11) is 0. The predicted octanol–water partition coefficient (Wildman–Crippen LogP) is 18.7. The average Bonchev–Trinajstić information content (AvgIpc) is 4.05. The van der Waals surface area contributed by atoms with Crippen LogP contribution in [0.4, 0.5) is 17.1 Å². The van der Waals surface area contributed by atoms with E-state index in [1.54, 1.807) is 0 Å². The van der Waals surface area contributed by atoms with Gasteiger partial charge in [-0.2, -0.15) is 0 Å². The molecule has 1 heterocycles. The number of nitrogens with zero attached hydrogens (tertiary/aromatic N) is 1. The van der Waals surface area contributed by atoms with Gasteiger partial charge in [-0.25, -0.2) is 0 Å². The van der Waals surface area contributed by atoms with E-state index < -0.39 is 5.41 Å². The van der Waals surface area contributed by atoms with Crippen molar-refractivity contribution in [2.45, 2.75) is 5.41 Å². The minimum Gasteiger partial charge on any atom is -0.310 e. The first-order valence-corrected chi connectivity index (χ1v) is 24.7. The topological polar surface area (TPSA) is 3.24 Å². The highest BCUT2D eigenvalue weighted by Gasteiger charge is 2.51. The Morgan fingerprint density at radius 3 is 1.41 bits per heavy atom. The van der Waals surface area contributed by atoms with E-state index >= 15 is 0 Å². The van der Waals surface area contributed by atoms with Crippen molar-refractivity contribution >= 4 is 80.9 Å². The van der Waals surface area contributed by atoms with Gasteiger partial charge in [0, 0.05) is 36.9 Å². The van der Waals surface area contributed by atoms with Crippen LogP contribution in [-0.2, 0) is 5.41 Å². The van der Waals surface area contributed by atoms with Crippen molar-refractivity contribution in [2.75, 3.05) is 4.90 Å². The average molecular weight is 892 g/mol. The second kappa shape index (κ2) is 14.7. The second-order valence-electron chi connectivity index (χ2n) is 18.7. The van der Waals surface area contributed by atoms with Crippen molar-refractivity contribution in [1.29, 1.82) is 0 Å². The molecule has 0 N–H and O–H groups in total. The van der Waals surface area contributed by atoms with Gasteiger partial charge in [0.2, 0.25) is 0 Å². The Balaban J connectivity index is 0.940. The summed E-state index contributed by atoms with van der Waals surface area (Å²) in [4.78, 5) is 2.52. The van der Waals surface area contributed by atoms with E-state index in [9.17, 15) is 0 Å². The SMILES string of the molecule is c1cc(-c2ccc(N(c3ccc4c(c3)C3(c5ccccc5-c5ccccc53)c3ccccc3-4)c3cccc4c5ccccc5c5ccccc5c34)cc2)cc(-c2ccc3sc4ccccc4c3c2)c1. The first-order valence-electron chi connectivity index (χ1n) is 23.9. The van der Waals surface area contributed by atoms with Crippen LogP contribution < -0.4 is 4.90 Å². The summed E-state index contributed by atoms with van der Waals surface area (Å²) >= 11 is 1.87. The standard InChI is InChI=1S/C67H41NS/c1-2-18-50-48(17-1)49-19-3-4-24-56(49)66-57(50)25-14-29-63(66)68(46-34-31-42(32-35-46)43-15-13-16-44(39-43)45-33-38-65-58(40-45)55-23-8-12-30-64(55)69-65)47-36-37-54-53-22-7-11-28-61(53)67(62(54)41-47)59-26-9-5-20-51(59)52-21-6-10-27-60(52)67/h1-41H. The first kappa shape index (κ1) is 38.5. The lowest BCUT2D eigenvalue weighted by Gasteiger charge is -2.32. The largest absolute Gasteiger partial charge is 0.310 e. The Hall–Kier alpha value is -8.56. The van der Waals surface area contributed by atoms with E-state index in [0.29, 0.717) is 0 Å². The van der Waals surface area contributed by atoms with Gasteiger partial charge in [-0.05, 0) is 148 Å². The molecule has 0 aliphatic heterocycles. The molecule has 0 unspecified atom stereocenters. The van der Waals surface area contributed by atoms with Crippen molar-refractivity contribution in [3.63, 3.8) is 0 Å². The Bertz CT molecular complexity index is 4160. The molecule has 0 saturated heterocycles. The molecule has 1 spiro atoms. The Kier molecular flexibility index (Phi) is 8.22. The highest BCUT2D eigenvalue weighted by Crippen LogP contribution is 2.63. The van der Waals surface area contributed by atoms with Crippen LogP contribution in [0, 0.1) is 0 Å². The van der Waals surface area contributed by atoms with Crippen LogP contribution in [0.1, 0.15) is 22.3 Å². The minimum atomic E-state index is -0.460. The van der Waals surface area contributed by atoms with E-state index in [2.05, 4.69) is 254 Å². The fourth-order valence-electron chi connectivity index (χ4n) is 12.4. The predicted molar refractivity (Wildman–Crippen MR) is 294 cm³/mol. The molecule has 0 bridgehead atoms. The van der Waals surface area contributed by atoms with Crippen LogP contribution in [0.15, 0.2) is 249 Å². The zero-order valence-electron chi connectivity index (χ0n) is 37.5. The third-order valence-electron chi connectivity index (χ3n) is 15.3. The van der Waals surface area contributed by atoms with Gasteiger partial charge < -0.3 is 4.90 Å². The van der Waals surface area contributed by atoms with Crippen LogP contribution in [0.25, 0.3) is 97.0 Å². The Morgan fingerprint density at radius 2 is 0.739 bits per heavy atom. The lowest BCUT2D eigenvalue weighted by molar-refractivity contribution is 0.793. The van der Waals surface area contributed by atoms with E-state index in [0.717, 1.165) is 17.1 Å². The summed E-state index contributed by atoms with van der Waals surface area (Å²) in [6.07, 6.45) is 0. The molecule has 13 aromatic rings. The maximum absolute atomic E-state index is 2.52. The number of thiophene rings is 1. The van der Waals surface area contributed by atoms with Gasteiger partial charge in [-0.3, -0.25) is 0 Å². The van der Waals surface area contributed by atoms with E-state index in [1.165, 1.54) is 119 Å². The second-order valence-corrected chi connectivity index (χ2v) is 19.8. The maximum Gasteiger partial charge on any atom is 0.0726 e. The van der Waals surface area contributed by atoms with Gasteiger partial charge in [0.05, 0.1) is 11.1 Å². The van der Waals surface area contributed by atoms with Gasteiger partial charge >= 0.3 is 0 Å². The highest BCUT2D eigenvalue weighted by atomic mass is 32.1. The molecule has 0 radical (unpaired) electrons. The summed E-state index contributed by atoms with van der Waals surface area (Å²) in [6, 6.07) is 93.2. The van der Waals surface area contributed by atoms with E-state index in [4.69, 9.17) is 0 Å². The third kappa shape index (κ3) is 5.46. The van der Waals surface area contributed by atoms with Crippen LogP contribution in [-0.4, -0.2) is 0 Å². The van der Waals surface area contributed by atoms with E-state index in [-0.39, 0.29) is 0 Å². The molecule has 320 valence electrons. The smallest absolute Gasteiger partial charge is 0.0726 e. The van der Waals surface area contributed by atoms with Gasteiger partial charge in [0.15, 0.2) is 0 Å². The number of anilines is 3. The Morgan fingerprint density at radius 1 is 0.275 bits per heavy atom. The van der Waals surface area contributed by atoms with Crippen molar-refractivity contribution in [2.24, 2.45) is 0 Å². The molecule has 2 heteroatoms. The molecule has 15 rings (SSSR count). The first-order chi connectivity index (χ1) is 34.2. The molecule has 2 aliphatic carbocycles. The van der Waals surface area contributed by atoms with Crippen LogP contribution in [0.2, 0.25) is 0 Å². The van der Waals surface area contributed by atoms with Crippen molar-refractivity contribution in [3.05, 3.63) is 271 Å². The molecule has 0 fully saturated rings. The quantitative estimate of drug-likeness (QED) is 0.156. The summed E-state index contributed by atoms with van der Waals surface area (Å²) < 4.78 is 2.65. The summed E-state index contributed by atoms with van der Waals surface area (Å²) in [5.41, 5.74) is 18.3. The van der Waals surface area contributed by atoms with Crippen molar-refractivity contribution in [1.82, 2.24) is 0 Å². The summed E-state index contributed by atoms with van der Waals surface area (Å²) in [6.45, 7) is 0. The summed E-state index contributed by atoms with van der Waals surface area (Å²) in [5, 5.41) is 10.2. The van der Waals surface area contributed by atoms with Gasteiger partial charge in [-0.15, -0.1) is 11.3 Å². The zero-order valence-corrected chi connectivity index (χ0v) is 38.3. The molecule has 12 aromatic carbocycles. The molecule has 69 heavy (non-hydrogen) atoms.